The molecule has 1 atom stereocenters. The fourth-order valence-electron chi connectivity index (χ4n) is 1.58. The predicted octanol–water partition coefficient (Wildman–Crippen LogP) is 2.99. The molecule has 2 rings (SSSR count). The van der Waals surface area contributed by atoms with Crippen LogP contribution in [0.1, 0.15) is 5.56 Å². The van der Waals surface area contributed by atoms with Crippen LogP contribution in [0.4, 0.5) is 18.9 Å². The van der Waals surface area contributed by atoms with E-state index >= 15 is 0 Å². The fraction of sp³-hybridized carbons (Fsp3) is 0.0769. The first-order valence-corrected chi connectivity index (χ1v) is 6.66. The van der Waals surface area contributed by atoms with Crippen LogP contribution in [-0.2, 0) is 16.6 Å². The van der Waals surface area contributed by atoms with Gasteiger partial charge in [0.1, 0.15) is 17.5 Å². The van der Waals surface area contributed by atoms with E-state index in [1.165, 1.54) is 6.07 Å². The number of hydrogen-bond donors (Lipinski definition) is 1. The molecule has 19 heavy (non-hydrogen) atoms. The van der Waals surface area contributed by atoms with Gasteiger partial charge in [-0.1, -0.05) is 0 Å². The Kier molecular flexibility index (Phi) is 3.90. The van der Waals surface area contributed by atoms with Crippen LogP contribution in [0.15, 0.2) is 41.3 Å². The summed E-state index contributed by atoms with van der Waals surface area (Å²) >= 11 is 0. The van der Waals surface area contributed by atoms with Crippen molar-refractivity contribution < 1.29 is 17.4 Å². The van der Waals surface area contributed by atoms with Crippen molar-refractivity contribution in [1.82, 2.24) is 0 Å². The SMILES string of the molecule is Nc1ccc(F)cc1S(=O)Cc1cc(F)ccc1F. The van der Waals surface area contributed by atoms with Gasteiger partial charge in [0.2, 0.25) is 0 Å². The van der Waals surface area contributed by atoms with Crippen molar-refractivity contribution in [2.45, 2.75) is 10.6 Å². The molecular formula is C13H10F3NOS. The third-order valence-electron chi connectivity index (χ3n) is 2.52. The topological polar surface area (TPSA) is 43.1 Å². The van der Waals surface area contributed by atoms with Gasteiger partial charge in [-0.05, 0) is 36.4 Å². The molecule has 0 spiro atoms. The Morgan fingerprint density at radius 2 is 1.63 bits per heavy atom. The lowest BCUT2D eigenvalue weighted by molar-refractivity contribution is 0.590. The Morgan fingerprint density at radius 1 is 1.00 bits per heavy atom. The maximum atomic E-state index is 13.4. The zero-order valence-electron chi connectivity index (χ0n) is 9.70. The second kappa shape index (κ2) is 5.44. The summed E-state index contributed by atoms with van der Waals surface area (Å²) in [4.78, 5) is 0.0728. The highest BCUT2D eigenvalue weighted by Crippen LogP contribution is 2.21. The molecule has 2 N–H and O–H groups in total. The van der Waals surface area contributed by atoms with Crippen molar-refractivity contribution in [3.8, 4) is 0 Å². The van der Waals surface area contributed by atoms with Crippen LogP contribution >= 0.6 is 0 Å². The molecule has 2 aromatic rings. The van der Waals surface area contributed by atoms with Gasteiger partial charge in [0.25, 0.3) is 0 Å². The molecule has 1 unspecified atom stereocenters. The highest BCUT2D eigenvalue weighted by molar-refractivity contribution is 7.84. The minimum Gasteiger partial charge on any atom is -0.398 e. The Bertz CT molecular complexity index is 646. The third kappa shape index (κ3) is 3.14. The van der Waals surface area contributed by atoms with E-state index in [-0.39, 0.29) is 21.9 Å². The lowest BCUT2D eigenvalue weighted by Gasteiger charge is -2.07. The molecule has 0 heterocycles. The van der Waals surface area contributed by atoms with Gasteiger partial charge < -0.3 is 5.73 Å². The minimum atomic E-state index is -1.75. The van der Waals surface area contributed by atoms with Crippen molar-refractivity contribution in [3.05, 3.63) is 59.4 Å². The van der Waals surface area contributed by atoms with Crippen molar-refractivity contribution in [1.29, 1.82) is 0 Å². The highest BCUT2D eigenvalue weighted by atomic mass is 32.2. The van der Waals surface area contributed by atoms with Crippen LogP contribution in [0.3, 0.4) is 0 Å². The van der Waals surface area contributed by atoms with E-state index in [1.54, 1.807) is 0 Å². The average Bonchev–Trinajstić information content (AvgIpc) is 2.36. The lowest BCUT2D eigenvalue weighted by Crippen LogP contribution is -2.03. The van der Waals surface area contributed by atoms with Crippen molar-refractivity contribution in [3.63, 3.8) is 0 Å². The number of nitrogens with two attached hydrogens (primary N) is 1. The molecule has 0 saturated heterocycles. The molecule has 0 bridgehead atoms. The van der Waals surface area contributed by atoms with Crippen LogP contribution in [0.25, 0.3) is 0 Å². The number of nitrogen functional groups attached to an aromatic ring is 1. The van der Waals surface area contributed by atoms with Crippen molar-refractivity contribution in [2.24, 2.45) is 0 Å². The summed E-state index contributed by atoms with van der Waals surface area (Å²) < 4.78 is 51.5. The first-order valence-electron chi connectivity index (χ1n) is 5.34. The zero-order valence-corrected chi connectivity index (χ0v) is 10.5. The first kappa shape index (κ1) is 13.6. The number of halogens is 3. The van der Waals surface area contributed by atoms with E-state index in [0.29, 0.717) is 0 Å². The first-order chi connectivity index (χ1) is 8.97. The van der Waals surface area contributed by atoms with E-state index in [2.05, 4.69) is 0 Å². The number of rotatable bonds is 3. The van der Waals surface area contributed by atoms with Crippen LogP contribution < -0.4 is 5.73 Å². The van der Waals surface area contributed by atoms with E-state index in [4.69, 9.17) is 5.73 Å². The summed E-state index contributed by atoms with van der Waals surface area (Å²) in [7, 11) is -1.75. The van der Waals surface area contributed by atoms with E-state index in [0.717, 1.165) is 30.3 Å². The van der Waals surface area contributed by atoms with Gasteiger partial charge in [-0.15, -0.1) is 0 Å². The maximum Gasteiger partial charge on any atom is 0.127 e. The molecule has 0 saturated carbocycles. The standard InChI is InChI=1S/C13H10F3NOS/c14-9-1-3-11(16)8(5-9)7-19(18)13-6-10(15)2-4-12(13)17/h1-6H,7,17H2. The second-order valence-electron chi connectivity index (χ2n) is 3.91. The summed E-state index contributed by atoms with van der Waals surface area (Å²) in [5.41, 5.74) is 5.69. The minimum absolute atomic E-state index is 0.0398. The zero-order chi connectivity index (χ0) is 14.0. The molecule has 2 nitrogen and oxygen atoms in total. The van der Waals surface area contributed by atoms with E-state index in [9.17, 15) is 17.4 Å². The molecular weight excluding hydrogens is 275 g/mol. The van der Waals surface area contributed by atoms with Gasteiger partial charge in [0, 0.05) is 11.3 Å². The van der Waals surface area contributed by atoms with Crippen LogP contribution in [0.5, 0.6) is 0 Å². The van der Waals surface area contributed by atoms with Crippen LogP contribution in [0.2, 0.25) is 0 Å². The Morgan fingerprint density at radius 3 is 2.37 bits per heavy atom. The van der Waals surface area contributed by atoms with Crippen LogP contribution in [0, 0.1) is 17.5 Å². The normalized spacial score (nSPS) is 12.4. The number of hydrogen-bond acceptors (Lipinski definition) is 2. The van der Waals surface area contributed by atoms with Crippen LogP contribution in [-0.4, -0.2) is 4.21 Å². The maximum absolute atomic E-state index is 13.4. The Labute approximate surface area is 110 Å². The molecule has 0 radical (unpaired) electrons. The molecule has 0 amide bonds. The summed E-state index contributed by atoms with van der Waals surface area (Å²) in [5.74, 6) is -2.14. The number of benzene rings is 2. The van der Waals surface area contributed by atoms with E-state index in [1.807, 2.05) is 0 Å². The summed E-state index contributed by atoms with van der Waals surface area (Å²) in [6.45, 7) is 0. The Balaban J connectivity index is 2.30. The van der Waals surface area contributed by atoms with Crippen molar-refractivity contribution >= 4 is 16.5 Å². The molecule has 100 valence electrons. The van der Waals surface area contributed by atoms with Gasteiger partial charge >= 0.3 is 0 Å². The van der Waals surface area contributed by atoms with Gasteiger partial charge in [0.05, 0.1) is 21.4 Å². The molecule has 0 aliphatic carbocycles. The quantitative estimate of drug-likeness (QED) is 0.881. The molecule has 6 heteroatoms. The van der Waals surface area contributed by atoms with Gasteiger partial charge in [-0.3, -0.25) is 4.21 Å². The largest absolute Gasteiger partial charge is 0.398 e. The molecule has 0 aliphatic heterocycles. The lowest BCUT2D eigenvalue weighted by atomic mass is 10.2. The Hall–Kier alpha value is -1.82. The monoisotopic (exact) mass is 285 g/mol. The van der Waals surface area contributed by atoms with Gasteiger partial charge in [-0.2, -0.15) is 0 Å². The summed E-state index contributed by atoms with van der Waals surface area (Å²) in [6.07, 6.45) is 0. The number of anilines is 1. The molecule has 0 aliphatic rings. The van der Waals surface area contributed by atoms with E-state index < -0.39 is 28.3 Å². The van der Waals surface area contributed by atoms with Crippen molar-refractivity contribution in [2.75, 3.05) is 5.73 Å². The smallest absolute Gasteiger partial charge is 0.127 e. The fourth-order valence-corrected chi connectivity index (χ4v) is 2.81. The summed E-state index contributed by atoms with van der Waals surface area (Å²) in [6, 6.07) is 6.34. The molecule has 2 aromatic carbocycles. The second-order valence-corrected chi connectivity index (χ2v) is 5.33. The van der Waals surface area contributed by atoms with Gasteiger partial charge in [0.15, 0.2) is 0 Å². The average molecular weight is 285 g/mol. The third-order valence-corrected chi connectivity index (χ3v) is 3.93. The summed E-state index contributed by atoms with van der Waals surface area (Å²) in [5, 5.41) is 0. The molecule has 0 aromatic heterocycles. The highest BCUT2D eigenvalue weighted by Gasteiger charge is 2.13. The molecule has 0 fully saturated rings. The van der Waals surface area contributed by atoms with Gasteiger partial charge in [-0.25, -0.2) is 13.2 Å². The predicted molar refractivity (Wildman–Crippen MR) is 67.3 cm³/mol.